The molecule has 6 rings (SSSR count). The number of nitrogens with one attached hydrogen (secondary N) is 1. The van der Waals surface area contributed by atoms with Gasteiger partial charge in [0.15, 0.2) is 0 Å². The van der Waals surface area contributed by atoms with E-state index in [1.165, 1.54) is 23.5 Å². The van der Waals surface area contributed by atoms with Gasteiger partial charge >= 0.3 is 0 Å². The molecule has 3 aromatic rings. The number of pyridine rings is 1. The molecule has 0 amide bonds. The molecule has 2 bridgehead atoms. The molecule has 10 heteroatoms. The quantitative estimate of drug-likeness (QED) is 0.608. The second-order valence-electron chi connectivity index (χ2n) is 9.32. The second kappa shape index (κ2) is 9.62. The van der Waals surface area contributed by atoms with Crippen molar-refractivity contribution in [2.24, 2.45) is 13.0 Å². The molecule has 0 spiro atoms. The highest BCUT2D eigenvalue weighted by Gasteiger charge is 2.35. The van der Waals surface area contributed by atoms with Crippen LogP contribution in [0, 0.1) is 5.92 Å². The van der Waals surface area contributed by atoms with Crippen LogP contribution in [0.15, 0.2) is 35.4 Å². The van der Waals surface area contributed by atoms with E-state index in [9.17, 15) is 4.79 Å². The van der Waals surface area contributed by atoms with Crippen molar-refractivity contribution in [2.45, 2.75) is 44.9 Å². The zero-order valence-electron chi connectivity index (χ0n) is 18.8. The lowest BCUT2D eigenvalue weighted by atomic mass is 9.83. The molecular formula is C23H31Cl2N7O. The number of piperidine rings is 1. The molecule has 3 aromatic heterocycles. The van der Waals surface area contributed by atoms with Crippen LogP contribution in [0.2, 0.25) is 0 Å². The predicted octanol–water partition coefficient (Wildman–Crippen LogP) is 2.40. The number of nitrogens with zero attached hydrogens (tertiary/aromatic N) is 6. The molecule has 3 aliphatic rings. The van der Waals surface area contributed by atoms with Crippen molar-refractivity contribution >= 4 is 24.8 Å². The van der Waals surface area contributed by atoms with Crippen LogP contribution in [-0.2, 0) is 33.2 Å². The Morgan fingerprint density at radius 1 is 1.18 bits per heavy atom. The van der Waals surface area contributed by atoms with Crippen molar-refractivity contribution < 1.29 is 0 Å². The standard InChI is InChI=1S/C23H29N7O.2ClH/c1-27-8-6-25-22(27)20-3-4-21-17-9-16(13-29(21)23(20)31)12-28(14-17)15-18-10-19-11-24-5-2-7-30(19)26-18;;/h3-4,6,8,10,16-17,24H,2,5,7,9,11-15H2,1H3;2*1H/t16-,17+;;/m0../s1. The molecule has 0 saturated carbocycles. The van der Waals surface area contributed by atoms with Gasteiger partial charge in [0.1, 0.15) is 5.82 Å². The van der Waals surface area contributed by atoms with E-state index in [2.05, 4.69) is 32.0 Å². The molecule has 8 nitrogen and oxygen atoms in total. The smallest absolute Gasteiger partial charge is 0.261 e. The fourth-order valence-electron chi connectivity index (χ4n) is 5.70. The summed E-state index contributed by atoms with van der Waals surface area (Å²) < 4.78 is 6.11. The highest BCUT2D eigenvalue weighted by Crippen LogP contribution is 2.36. The maximum absolute atomic E-state index is 13.3. The summed E-state index contributed by atoms with van der Waals surface area (Å²) in [6, 6.07) is 6.38. The van der Waals surface area contributed by atoms with E-state index in [1.807, 2.05) is 28.4 Å². The molecule has 0 aromatic carbocycles. The van der Waals surface area contributed by atoms with Crippen LogP contribution >= 0.6 is 24.8 Å². The molecule has 178 valence electrons. The van der Waals surface area contributed by atoms with Crippen molar-refractivity contribution in [3.8, 4) is 11.4 Å². The number of imidazole rings is 1. The number of aromatic nitrogens is 5. The van der Waals surface area contributed by atoms with Gasteiger partial charge in [0.05, 0.1) is 17.0 Å². The minimum absolute atomic E-state index is 0. The van der Waals surface area contributed by atoms with Crippen molar-refractivity contribution in [3.63, 3.8) is 0 Å². The average molecular weight is 492 g/mol. The number of fused-ring (bicyclic) bond motifs is 5. The fourth-order valence-corrected chi connectivity index (χ4v) is 5.70. The van der Waals surface area contributed by atoms with Gasteiger partial charge in [-0.2, -0.15) is 5.10 Å². The summed E-state index contributed by atoms with van der Waals surface area (Å²) in [5, 5.41) is 8.35. The first kappa shape index (κ1) is 24.0. The first-order valence-corrected chi connectivity index (χ1v) is 11.4. The van der Waals surface area contributed by atoms with Gasteiger partial charge in [-0.1, -0.05) is 0 Å². The number of hydrogen-bond acceptors (Lipinski definition) is 5. The fraction of sp³-hybridized carbons (Fsp3) is 0.522. The van der Waals surface area contributed by atoms with Crippen LogP contribution in [0.1, 0.15) is 35.8 Å². The van der Waals surface area contributed by atoms with Gasteiger partial charge in [-0.3, -0.25) is 14.4 Å². The number of rotatable bonds is 3. The Labute approximate surface area is 205 Å². The van der Waals surface area contributed by atoms with Crippen LogP contribution < -0.4 is 10.9 Å². The van der Waals surface area contributed by atoms with Gasteiger partial charge < -0.3 is 14.5 Å². The zero-order chi connectivity index (χ0) is 20.9. The summed E-state index contributed by atoms with van der Waals surface area (Å²) in [7, 11) is 1.93. The monoisotopic (exact) mass is 491 g/mol. The maximum Gasteiger partial charge on any atom is 0.261 e. The predicted molar refractivity (Wildman–Crippen MR) is 132 cm³/mol. The molecule has 3 aliphatic heterocycles. The molecule has 1 fully saturated rings. The molecule has 0 radical (unpaired) electrons. The third-order valence-corrected chi connectivity index (χ3v) is 7.07. The summed E-state index contributed by atoms with van der Waals surface area (Å²) in [5.41, 5.74) is 4.43. The summed E-state index contributed by atoms with van der Waals surface area (Å²) in [6.45, 7) is 6.67. The third kappa shape index (κ3) is 4.37. The zero-order valence-corrected chi connectivity index (χ0v) is 20.4. The summed E-state index contributed by atoms with van der Waals surface area (Å²) in [5.74, 6) is 1.65. The van der Waals surface area contributed by atoms with Gasteiger partial charge in [0, 0.05) is 70.3 Å². The van der Waals surface area contributed by atoms with Gasteiger partial charge in [-0.05, 0) is 43.5 Å². The van der Waals surface area contributed by atoms with Crippen LogP contribution in [0.5, 0.6) is 0 Å². The van der Waals surface area contributed by atoms with Crippen molar-refractivity contribution in [3.05, 3.63) is 58.0 Å². The van der Waals surface area contributed by atoms with Crippen molar-refractivity contribution in [2.75, 3.05) is 19.6 Å². The number of halogens is 2. The van der Waals surface area contributed by atoms with Crippen LogP contribution in [0.4, 0.5) is 0 Å². The molecule has 1 saturated heterocycles. The second-order valence-corrected chi connectivity index (χ2v) is 9.32. The van der Waals surface area contributed by atoms with Crippen molar-refractivity contribution in [1.82, 2.24) is 34.1 Å². The van der Waals surface area contributed by atoms with E-state index in [4.69, 9.17) is 5.10 Å². The van der Waals surface area contributed by atoms with E-state index in [0.717, 1.165) is 58.1 Å². The number of aryl methyl sites for hydroxylation is 2. The highest BCUT2D eigenvalue weighted by atomic mass is 35.5. The summed E-state index contributed by atoms with van der Waals surface area (Å²) in [6.07, 6.45) is 5.93. The minimum Gasteiger partial charge on any atom is -0.334 e. The Morgan fingerprint density at radius 3 is 2.88 bits per heavy atom. The highest BCUT2D eigenvalue weighted by molar-refractivity contribution is 5.85. The Balaban J connectivity index is 0.00000130. The average Bonchev–Trinajstić information content (AvgIpc) is 3.28. The lowest BCUT2D eigenvalue weighted by molar-refractivity contribution is 0.113. The molecule has 0 aliphatic carbocycles. The van der Waals surface area contributed by atoms with Crippen LogP contribution in [-0.4, -0.2) is 48.4 Å². The molecule has 0 unspecified atom stereocenters. The summed E-state index contributed by atoms with van der Waals surface area (Å²) in [4.78, 5) is 20.2. The Morgan fingerprint density at radius 2 is 2.06 bits per heavy atom. The lowest BCUT2D eigenvalue weighted by Gasteiger charge is -2.42. The molecular weight excluding hydrogens is 461 g/mol. The Kier molecular flexibility index (Phi) is 7.00. The lowest BCUT2D eigenvalue weighted by Crippen LogP contribution is -2.47. The van der Waals surface area contributed by atoms with Crippen molar-refractivity contribution in [1.29, 1.82) is 0 Å². The first-order chi connectivity index (χ1) is 15.2. The Hall–Kier alpha value is -2.13. The molecule has 1 N–H and O–H groups in total. The van der Waals surface area contributed by atoms with E-state index in [1.54, 1.807) is 6.20 Å². The minimum atomic E-state index is 0. The maximum atomic E-state index is 13.3. The van der Waals surface area contributed by atoms with E-state index < -0.39 is 0 Å². The van der Waals surface area contributed by atoms with E-state index >= 15 is 0 Å². The first-order valence-electron chi connectivity index (χ1n) is 11.4. The van der Waals surface area contributed by atoms with Crippen LogP contribution in [0.3, 0.4) is 0 Å². The number of likely N-dealkylation sites (tertiary alicyclic amines) is 1. The third-order valence-electron chi connectivity index (χ3n) is 7.07. The number of hydrogen-bond donors (Lipinski definition) is 1. The topological polar surface area (TPSA) is 72.9 Å². The SMILES string of the molecule is Cl.Cl.Cn1ccnc1-c1ccc2n(c1=O)C[C@H]1C[C@@H]2CN(Cc2cc3n(n2)CCCNC3)C1. The summed E-state index contributed by atoms with van der Waals surface area (Å²) >= 11 is 0. The van der Waals surface area contributed by atoms with E-state index in [-0.39, 0.29) is 30.4 Å². The van der Waals surface area contributed by atoms with E-state index in [0.29, 0.717) is 17.4 Å². The van der Waals surface area contributed by atoms with Gasteiger partial charge in [-0.25, -0.2) is 4.98 Å². The largest absolute Gasteiger partial charge is 0.334 e. The van der Waals surface area contributed by atoms with Crippen LogP contribution in [0.25, 0.3) is 11.4 Å². The molecule has 33 heavy (non-hydrogen) atoms. The molecule has 6 heterocycles. The van der Waals surface area contributed by atoms with Gasteiger partial charge in [0.25, 0.3) is 5.56 Å². The molecule has 2 atom stereocenters. The normalized spacial score (nSPS) is 21.8. The Bertz CT molecular complexity index is 1160. The van der Waals surface area contributed by atoms with Gasteiger partial charge in [0.2, 0.25) is 0 Å². The van der Waals surface area contributed by atoms with Gasteiger partial charge in [-0.15, -0.1) is 24.8 Å².